The van der Waals surface area contributed by atoms with Crippen molar-refractivity contribution in [3.63, 3.8) is 0 Å². The third-order valence-electron chi connectivity index (χ3n) is 4.98. The molecule has 2 aromatic rings. The number of carbonyl (C=O) groups excluding carboxylic acids is 2. The van der Waals surface area contributed by atoms with Gasteiger partial charge >= 0.3 is 5.97 Å². The molecule has 7 heteroatoms. The highest BCUT2D eigenvalue weighted by Crippen LogP contribution is 2.42. The highest BCUT2D eigenvalue weighted by Gasteiger charge is 2.35. The van der Waals surface area contributed by atoms with E-state index in [9.17, 15) is 9.59 Å². The molecular formula is C23H26ClNO5. The Bertz CT molecular complexity index is 943. The van der Waals surface area contributed by atoms with Crippen molar-refractivity contribution in [3.05, 3.63) is 58.1 Å². The number of hydrogen-bond acceptors (Lipinski definition) is 5. The molecule has 0 aliphatic carbocycles. The number of carbonyl (C=O) groups is 2. The molecule has 30 heavy (non-hydrogen) atoms. The fourth-order valence-corrected chi connectivity index (χ4v) is 3.90. The number of nitrogens with one attached hydrogen (secondary N) is 1. The molecular weight excluding hydrogens is 406 g/mol. The molecule has 1 amide bonds. The lowest BCUT2D eigenvalue weighted by molar-refractivity contribution is -0.150. The molecule has 2 aromatic carbocycles. The summed E-state index contributed by atoms with van der Waals surface area (Å²) in [5, 5.41) is 3.39. The van der Waals surface area contributed by atoms with Gasteiger partial charge in [0.15, 0.2) is 0 Å². The third kappa shape index (κ3) is 4.60. The van der Waals surface area contributed by atoms with Gasteiger partial charge < -0.3 is 19.5 Å². The van der Waals surface area contributed by atoms with Crippen LogP contribution in [0.15, 0.2) is 36.4 Å². The number of rotatable bonds is 6. The Balaban J connectivity index is 2.14. The summed E-state index contributed by atoms with van der Waals surface area (Å²) in [4.78, 5) is 24.9. The van der Waals surface area contributed by atoms with Crippen LogP contribution in [0.5, 0.6) is 5.75 Å². The number of methoxy groups -OCH3 is 1. The third-order valence-corrected chi connectivity index (χ3v) is 5.22. The summed E-state index contributed by atoms with van der Waals surface area (Å²) >= 11 is 6.27. The van der Waals surface area contributed by atoms with Crippen LogP contribution >= 0.6 is 11.6 Å². The fourth-order valence-electron chi connectivity index (χ4n) is 3.72. The van der Waals surface area contributed by atoms with Crippen LogP contribution in [0.1, 0.15) is 55.9 Å². The first kappa shape index (κ1) is 22.1. The predicted octanol–water partition coefficient (Wildman–Crippen LogP) is 4.85. The van der Waals surface area contributed by atoms with Crippen LogP contribution in [0.4, 0.5) is 5.69 Å². The van der Waals surface area contributed by atoms with Gasteiger partial charge in [-0.15, -0.1) is 0 Å². The number of fused-ring (bicyclic) bond motifs is 1. The van der Waals surface area contributed by atoms with Gasteiger partial charge in [0.1, 0.15) is 18.0 Å². The molecule has 0 saturated heterocycles. The lowest BCUT2D eigenvalue weighted by Crippen LogP contribution is -2.32. The first-order valence-corrected chi connectivity index (χ1v) is 10.3. The minimum absolute atomic E-state index is 0.137. The average molecular weight is 432 g/mol. The standard InChI is InChI=1S/C23H26ClNO5/c1-5-29-20(26)12-19-23(27)25-17-10-9-14(24)11-16(17)22(30-19)15-7-6-8-18(28-4)21(15)13(2)3/h6-11,13,19,22H,5,12H2,1-4H3,(H,25,27)/t19-,22-/m1/s1. The lowest BCUT2D eigenvalue weighted by atomic mass is 9.89. The van der Waals surface area contributed by atoms with E-state index in [1.54, 1.807) is 32.2 Å². The number of anilines is 1. The second kappa shape index (κ2) is 9.49. The smallest absolute Gasteiger partial charge is 0.308 e. The van der Waals surface area contributed by atoms with Crippen LogP contribution in [0.2, 0.25) is 5.02 Å². The lowest BCUT2D eigenvalue weighted by Gasteiger charge is -2.26. The normalized spacial score (nSPS) is 18.4. The summed E-state index contributed by atoms with van der Waals surface area (Å²) in [5.41, 5.74) is 3.15. The quantitative estimate of drug-likeness (QED) is 0.661. The minimum atomic E-state index is -1.01. The number of ether oxygens (including phenoxy) is 3. The van der Waals surface area contributed by atoms with Crippen molar-refractivity contribution < 1.29 is 23.8 Å². The van der Waals surface area contributed by atoms with Crippen LogP contribution in [-0.2, 0) is 19.1 Å². The Hall–Kier alpha value is -2.57. The zero-order valence-electron chi connectivity index (χ0n) is 17.5. The average Bonchev–Trinajstić information content (AvgIpc) is 2.84. The van der Waals surface area contributed by atoms with Crippen molar-refractivity contribution >= 4 is 29.2 Å². The molecule has 3 rings (SSSR count). The highest BCUT2D eigenvalue weighted by molar-refractivity contribution is 6.30. The number of halogens is 1. The van der Waals surface area contributed by atoms with E-state index >= 15 is 0 Å². The van der Waals surface area contributed by atoms with Crippen LogP contribution < -0.4 is 10.1 Å². The van der Waals surface area contributed by atoms with Crippen molar-refractivity contribution in [2.45, 2.75) is 45.3 Å². The molecule has 0 radical (unpaired) electrons. The summed E-state index contributed by atoms with van der Waals surface area (Å²) in [6.45, 7) is 6.09. The number of hydrogen-bond donors (Lipinski definition) is 1. The molecule has 0 fully saturated rings. The topological polar surface area (TPSA) is 73.9 Å². The van der Waals surface area contributed by atoms with E-state index < -0.39 is 24.1 Å². The monoisotopic (exact) mass is 431 g/mol. The van der Waals surface area contributed by atoms with Crippen molar-refractivity contribution in [1.29, 1.82) is 0 Å². The summed E-state index contributed by atoms with van der Waals surface area (Å²) in [7, 11) is 1.62. The van der Waals surface area contributed by atoms with Crippen molar-refractivity contribution in [2.75, 3.05) is 19.0 Å². The molecule has 0 bridgehead atoms. The summed E-state index contributed by atoms with van der Waals surface area (Å²) in [6, 6.07) is 11.0. The largest absolute Gasteiger partial charge is 0.496 e. The van der Waals surface area contributed by atoms with Crippen LogP contribution in [0.3, 0.4) is 0 Å². The summed E-state index contributed by atoms with van der Waals surface area (Å²) in [5.74, 6) is -0.0174. The zero-order chi connectivity index (χ0) is 21.8. The first-order valence-electron chi connectivity index (χ1n) is 9.93. The SMILES string of the molecule is CCOC(=O)C[C@H]1O[C@H](c2cccc(OC)c2C(C)C)c2cc(Cl)ccc2NC1=O. The van der Waals surface area contributed by atoms with Gasteiger partial charge in [-0.25, -0.2) is 0 Å². The maximum atomic E-state index is 12.8. The second-order valence-corrected chi connectivity index (χ2v) is 7.79. The second-order valence-electron chi connectivity index (χ2n) is 7.35. The molecule has 1 aliphatic rings. The van der Waals surface area contributed by atoms with E-state index in [4.69, 9.17) is 25.8 Å². The van der Waals surface area contributed by atoms with Gasteiger partial charge in [-0.3, -0.25) is 9.59 Å². The molecule has 160 valence electrons. The van der Waals surface area contributed by atoms with E-state index in [-0.39, 0.29) is 18.9 Å². The van der Waals surface area contributed by atoms with Gasteiger partial charge in [0.2, 0.25) is 0 Å². The fraction of sp³-hybridized carbons (Fsp3) is 0.391. The Morgan fingerprint density at radius 3 is 2.67 bits per heavy atom. The van der Waals surface area contributed by atoms with E-state index in [2.05, 4.69) is 19.2 Å². The molecule has 1 aliphatic heterocycles. The molecule has 0 unspecified atom stereocenters. The molecule has 0 spiro atoms. The van der Waals surface area contributed by atoms with Crippen LogP contribution in [0.25, 0.3) is 0 Å². The molecule has 2 atom stereocenters. The Labute approximate surface area is 181 Å². The van der Waals surface area contributed by atoms with Gasteiger partial charge in [-0.05, 0) is 42.7 Å². The van der Waals surface area contributed by atoms with Gasteiger partial charge in [-0.1, -0.05) is 37.6 Å². The molecule has 1 heterocycles. The van der Waals surface area contributed by atoms with E-state index in [0.29, 0.717) is 10.7 Å². The van der Waals surface area contributed by atoms with Gasteiger partial charge in [0, 0.05) is 21.8 Å². The Morgan fingerprint density at radius 2 is 2.00 bits per heavy atom. The van der Waals surface area contributed by atoms with Gasteiger partial charge in [-0.2, -0.15) is 0 Å². The predicted molar refractivity (Wildman–Crippen MR) is 115 cm³/mol. The minimum Gasteiger partial charge on any atom is -0.496 e. The van der Waals surface area contributed by atoms with Crippen LogP contribution in [-0.4, -0.2) is 31.7 Å². The first-order chi connectivity index (χ1) is 14.3. The number of benzene rings is 2. The zero-order valence-corrected chi connectivity index (χ0v) is 18.3. The van der Waals surface area contributed by atoms with Crippen molar-refractivity contribution in [1.82, 2.24) is 0 Å². The van der Waals surface area contributed by atoms with Crippen LogP contribution in [0, 0.1) is 0 Å². The molecule has 1 N–H and O–H groups in total. The number of esters is 1. The van der Waals surface area contributed by atoms with Crippen molar-refractivity contribution in [2.24, 2.45) is 0 Å². The van der Waals surface area contributed by atoms with E-state index in [0.717, 1.165) is 22.4 Å². The van der Waals surface area contributed by atoms with E-state index in [1.165, 1.54) is 0 Å². The summed E-state index contributed by atoms with van der Waals surface area (Å²) < 4.78 is 16.9. The molecule has 6 nitrogen and oxygen atoms in total. The Kier molecular flexibility index (Phi) is 7.00. The van der Waals surface area contributed by atoms with Crippen molar-refractivity contribution in [3.8, 4) is 5.75 Å². The maximum absolute atomic E-state index is 12.8. The molecule has 0 saturated carbocycles. The van der Waals surface area contributed by atoms with Gasteiger partial charge in [0.25, 0.3) is 5.91 Å². The Morgan fingerprint density at radius 1 is 1.23 bits per heavy atom. The number of amides is 1. The van der Waals surface area contributed by atoms with E-state index in [1.807, 2.05) is 18.2 Å². The summed E-state index contributed by atoms with van der Waals surface area (Å²) in [6.07, 6.45) is -1.81. The maximum Gasteiger partial charge on any atom is 0.308 e. The van der Waals surface area contributed by atoms with Gasteiger partial charge in [0.05, 0.1) is 20.1 Å². The molecule has 0 aromatic heterocycles. The highest BCUT2D eigenvalue weighted by atomic mass is 35.5.